The van der Waals surface area contributed by atoms with Crippen LogP contribution in [0.25, 0.3) is 11.3 Å². The van der Waals surface area contributed by atoms with E-state index in [1.54, 1.807) is 0 Å². The normalized spacial score (nSPS) is 17.2. The predicted octanol–water partition coefficient (Wildman–Crippen LogP) is 3.29. The second kappa shape index (κ2) is 4.70. The van der Waals surface area contributed by atoms with Gasteiger partial charge in [0.25, 0.3) is 0 Å². The molecule has 1 heterocycles. The largest absolute Gasteiger partial charge is 0.243 e. The molecule has 0 amide bonds. The Morgan fingerprint density at radius 3 is 2.47 bits per heavy atom. The van der Waals surface area contributed by atoms with Crippen LogP contribution in [0.2, 0.25) is 0 Å². The van der Waals surface area contributed by atoms with Gasteiger partial charge in [-0.25, -0.2) is 4.68 Å². The lowest BCUT2D eigenvalue weighted by Gasteiger charge is -2.19. The van der Waals surface area contributed by atoms with Gasteiger partial charge in [-0.3, -0.25) is 0 Å². The van der Waals surface area contributed by atoms with E-state index in [1.165, 1.54) is 25.3 Å². The molecule has 0 aliphatic heterocycles. The Kier molecular flexibility index (Phi) is 2.90. The first kappa shape index (κ1) is 10.5. The van der Waals surface area contributed by atoms with Gasteiger partial charge in [0.05, 0.1) is 12.2 Å². The number of rotatable bonds is 2. The van der Waals surface area contributed by atoms with Crippen molar-refractivity contribution >= 4 is 0 Å². The van der Waals surface area contributed by atoms with E-state index in [0.29, 0.717) is 0 Å². The van der Waals surface area contributed by atoms with Crippen molar-refractivity contribution in [3.63, 3.8) is 0 Å². The SMILES string of the molecule is c1ccc(-c2cn([C]3CCCCC3)nn2)cc1. The molecule has 0 atom stereocenters. The molecule has 1 aliphatic carbocycles. The smallest absolute Gasteiger partial charge is 0.113 e. The molecule has 3 heteroatoms. The molecule has 1 aliphatic rings. The molecule has 1 radical (unpaired) electrons. The Balaban J connectivity index is 1.83. The van der Waals surface area contributed by atoms with Crippen molar-refractivity contribution < 1.29 is 0 Å². The topological polar surface area (TPSA) is 30.7 Å². The van der Waals surface area contributed by atoms with Crippen LogP contribution in [-0.4, -0.2) is 15.0 Å². The van der Waals surface area contributed by atoms with Crippen molar-refractivity contribution in [1.29, 1.82) is 0 Å². The fourth-order valence-corrected chi connectivity index (χ4v) is 2.35. The molecule has 17 heavy (non-hydrogen) atoms. The zero-order valence-electron chi connectivity index (χ0n) is 9.84. The number of hydrogen-bond donors (Lipinski definition) is 0. The average molecular weight is 226 g/mol. The summed E-state index contributed by atoms with van der Waals surface area (Å²) in [6, 6.07) is 11.6. The van der Waals surface area contributed by atoms with Crippen molar-refractivity contribution in [1.82, 2.24) is 15.0 Å². The number of nitrogens with zero attached hydrogens (tertiary/aromatic N) is 3. The third-order valence-electron chi connectivity index (χ3n) is 3.32. The first-order valence-corrected chi connectivity index (χ1v) is 6.26. The summed E-state index contributed by atoms with van der Waals surface area (Å²) in [5.41, 5.74) is 2.10. The second-order valence-corrected chi connectivity index (χ2v) is 4.54. The summed E-state index contributed by atoms with van der Waals surface area (Å²) in [5.74, 6) is 0. The van der Waals surface area contributed by atoms with Gasteiger partial charge in [0, 0.05) is 5.56 Å². The maximum Gasteiger partial charge on any atom is 0.113 e. The Morgan fingerprint density at radius 1 is 0.941 bits per heavy atom. The summed E-state index contributed by atoms with van der Waals surface area (Å²) < 4.78 is 1.97. The lowest BCUT2D eigenvalue weighted by molar-refractivity contribution is 0.460. The standard InChI is InChI=1S/C14H16N3/c1-3-7-12(8-4-1)14-11-17(16-15-14)13-9-5-2-6-10-13/h1,3-4,7-8,11H,2,5-6,9-10H2. The summed E-state index contributed by atoms with van der Waals surface area (Å²) in [5, 5.41) is 8.50. The van der Waals surface area contributed by atoms with E-state index in [4.69, 9.17) is 0 Å². The van der Waals surface area contributed by atoms with E-state index in [9.17, 15) is 0 Å². The van der Waals surface area contributed by atoms with Crippen molar-refractivity contribution in [2.45, 2.75) is 32.1 Å². The van der Waals surface area contributed by atoms with E-state index in [0.717, 1.165) is 24.1 Å². The quantitative estimate of drug-likeness (QED) is 0.786. The van der Waals surface area contributed by atoms with Crippen LogP contribution in [0.3, 0.4) is 0 Å². The van der Waals surface area contributed by atoms with E-state index in [-0.39, 0.29) is 0 Å². The minimum Gasteiger partial charge on any atom is -0.243 e. The molecule has 0 N–H and O–H groups in total. The van der Waals surface area contributed by atoms with Crippen LogP contribution in [0.4, 0.5) is 0 Å². The Labute approximate surface area is 101 Å². The van der Waals surface area contributed by atoms with E-state index < -0.39 is 0 Å². The van der Waals surface area contributed by atoms with Crippen LogP contribution >= 0.6 is 0 Å². The van der Waals surface area contributed by atoms with Gasteiger partial charge in [0.15, 0.2) is 0 Å². The van der Waals surface area contributed by atoms with Gasteiger partial charge in [-0.1, -0.05) is 54.8 Å². The number of benzene rings is 1. The second-order valence-electron chi connectivity index (χ2n) is 4.54. The average Bonchev–Trinajstić information content (AvgIpc) is 2.90. The lowest BCUT2D eigenvalue weighted by Crippen LogP contribution is -2.14. The lowest BCUT2D eigenvalue weighted by atomic mass is 9.96. The zero-order valence-corrected chi connectivity index (χ0v) is 9.84. The molecular weight excluding hydrogens is 210 g/mol. The van der Waals surface area contributed by atoms with Gasteiger partial charge in [-0.05, 0) is 12.8 Å². The van der Waals surface area contributed by atoms with Crippen LogP contribution in [0.1, 0.15) is 32.1 Å². The number of hydrogen-bond acceptors (Lipinski definition) is 2. The third-order valence-corrected chi connectivity index (χ3v) is 3.32. The maximum absolute atomic E-state index is 4.25. The molecule has 3 rings (SSSR count). The molecule has 0 bridgehead atoms. The Bertz CT molecular complexity index is 469. The van der Waals surface area contributed by atoms with Crippen LogP contribution < -0.4 is 0 Å². The fourth-order valence-electron chi connectivity index (χ4n) is 2.35. The molecule has 87 valence electrons. The summed E-state index contributed by atoms with van der Waals surface area (Å²) in [6.07, 6.45) is 8.31. The van der Waals surface area contributed by atoms with Gasteiger partial charge >= 0.3 is 0 Å². The van der Waals surface area contributed by atoms with Crippen molar-refractivity contribution in [2.24, 2.45) is 0 Å². The zero-order chi connectivity index (χ0) is 11.5. The summed E-state index contributed by atoms with van der Waals surface area (Å²) >= 11 is 0. The van der Waals surface area contributed by atoms with Gasteiger partial charge in [-0.15, -0.1) is 5.10 Å². The number of aromatic nitrogens is 3. The first-order chi connectivity index (χ1) is 8.43. The van der Waals surface area contributed by atoms with E-state index in [2.05, 4.69) is 28.6 Å². The maximum atomic E-state index is 4.25. The highest BCUT2D eigenvalue weighted by atomic mass is 15.4. The third kappa shape index (κ3) is 2.23. The molecular formula is C14H16N3. The molecule has 0 spiro atoms. The highest BCUT2D eigenvalue weighted by molar-refractivity contribution is 5.57. The molecule has 1 aromatic heterocycles. The molecule has 1 fully saturated rings. The monoisotopic (exact) mass is 226 g/mol. The summed E-state index contributed by atoms with van der Waals surface area (Å²) in [7, 11) is 0. The van der Waals surface area contributed by atoms with Crippen molar-refractivity contribution in [3.8, 4) is 11.3 Å². The molecule has 0 unspecified atom stereocenters. The predicted molar refractivity (Wildman–Crippen MR) is 67.2 cm³/mol. The highest BCUT2D eigenvalue weighted by Crippen LogP contribution is 2.27. The molecule has 3 nitrogen and oxygen atoms in total. The molecule has 1 saturated carbocycles. The van der Waals surface area contributed by atoms with Crippen LogP contribution in [0.15, 0.2) is 36.5 Å². The van der Waals surface area contributed by atoms with Crippen LogP contribution in [0.5, 0.6) is 0 Å². The highest BCUT2D eigenvalue weighted by Gasteiger charge is 2.17. The Morgan fingerprint density at radius 2 is 1.71 bits per heavy atom. The fraction of sp³-hybridized carbons (Fsp3) is 0.357. The van der Waals surface area contributed by atoms with Crippen molar-refractivity contribution in [2.75, 3.05) is 0 Å². The van der Waals surface area contributed by atoms with Crippen LogP contribution in [-0.2, 0) is 0 Å². The molecule has 1 aromatic carbocycles. The van der Waals surface area contributed by atoms with Crippen LogP contribution in [0, 0.1) is 6.04 Å². The van der Waals surface area contributed by atoms with E-state index >= 15 is 0 Å². The van der Waals surface area contributed by atoms with Gasteiger partial charge in [0.2, 0.25) is 0 Å². The Hall–Kier alpha value is -1.64. The first-order valence-electron chi connectivity index (χ1n) is 6.26. The van der Waals surface area contributed by atoms with Gasteiger partial charge in [-0.2, -0.15) is 0 Å². The minimum atomic E-state index is 0.962. The summed E-state index contributed by atoms with van der Waals surface area (Å²) in [4.78, 5) is 0. The van der Waals surface area contributed by atoms with Gasteiger partial charge in [0.1, 0.15) is 5.69 Å². The van der Waals surface area contributed by atoms with Gasteiger partial charge < -0.3 is 0 Å². The van der Waals surface area contributed by atoms with Crippen molar-refractivity contribution in [3.05, 3.63) is 42.6 Å². The molecule has 2 aromatic rings. The molecule has 0 saturated heterocycles. The summed E-state index contributed by atoms with van der Waals surface area (Å²) in [6.45, 7) is 0. The minimum absolute atomic E-state index is 0.962. The van der Waals surface area contributed by atoms with E-state index in [1.807, 2.05) is 22.9 Å².